The molecule has 0 bridgehead atoms. The number of halogens is 2. The van der Waals surface area contributed by atoms with Crippen molar-refractivity contribution in [2.75, 3.05) is 37.0 Å². The van der Waals surface area contributed by atoms with Gasteiger partial charge in [0.05, 0.1) is 10.6 Å². The second-order valence-electron chi connectivity index (χ2n) is 9.07. The van der Waals surface area contributed by atoms with E-state index in [1.165, 1.54) is 24.3 Å². The van der Waals surface area contributed by atoms with Crippen LogP contribution in [-0.2, 0) is 14.6 Å². The number of likely N-dealkylation sites (N-methyl/N-ethyl adjacent to an activating group) is 1. The summed E-state index contributed by atoms with van der Waals surface area (Å²) >= 11 is 5.88. The van der Waals surface area contributed by atoms with E-state index in [1.807, 2.05) is 11.9 Å². The van der Waals surface area contributed by atoms with Gasteiger partial charge in [-0.15, -0.1) is 0 Å². The van der Waals surface area contributed by atoms with Crippen LogP contribution in [0.4, 0.5) is 20.6 Å². The molecular weight excluding hydrogens is 519 g/mol. The number of rotatable bonds is 6. The van der Waals surface area contributed by atoms with Gasteiger partial charge in [0.2, 0.25) is 0 Å². The lowest BCUT2D eigenvalue weighted by atomic mass is 9.97. The molecular formula is C26H26ClFN4O4S. The fourth-order valence-electron chi connectivity index (χ4n) is 4.31. The molecule has 3 aromatic rings. The van der Waals surface area contributed by atoms with Crippen LogP contribution in [0, 0.1) is 5.82 Å². The molecule has 11 heteroatoms. The van der Waals surface area contributed by atoms with Crippen molar-refractivity contribution in [2.45, 2.75) is 16.9 Å². The lowest BCUT2D eigenvalue weighted by molar-refractivity contribution is -0.121. The van der Waals surface area contributed by atoms with Gasteiger partial charge in [0, 0.05) is 35.6 Å². The van der Waals surface area contributed by atoms with E-state index < -0.39 is 33.1 Å². The molecule has 1 heterocycles. The topological polar surface area (TPSA) is 108 Å². The first-order valence-electron chi connectivity index (χ1n) is 11.4. The van der Waals surface area contributed by atoms with Gasteiger partial charge in [-0.2, -0.15) is 0 Å². The summed E-state index contributed by atoms with van der Waals surface area (Å²) in [6.45, 7) is 0.784. The number of carbonyl (C=O) groups is 2. The Bertz CT molecular complexity index is 1450. The highest BCUT2D eigenvalue weighted by molar-refractivity contribution is 7.90. The Hall–Kier alpha value is -3.47. The predicted molar refractivity (Wildman–Crippen MR) is 142 cm³/mol. The Kier molecular flexibility index (Phi) is 7.54. The standard InChI is InChI=1S/C26H26ClFN4O4S/c1-32-14-13-26(16-32,31-25(34)29-19-10-8-18(27)9-11-19)24(33)30-22-12-7-17(15-21(22)28)20-5-3-4-6-23(20)37(2,35)36/h3-12,15H,13-14,16H2,1-2H3,(H,30,33)(H2,29,31,34). The SMILES string of the molecule is CN1CCC(NC(=O)Nc2ccc(Cl)cc2)(C(=O)Nc2ccc(-c3ccccc3S(C)(=O)=O)cc2F)C1. The van der Waals surface area contributed by atoms with Crippen molar-refractivity contribution >= 4 is 44.8 Å². The highest BCUT2D eigenvalue weighted by atomic mass is 35.5. The average Bonchev–Trinajstić information content (AvgIpc) is 3.22. The minimum Gasteiger partial charge on any atom is -0.322 e. The third-order valence-electron chi connectivity index (χ3n) is 6.16. The fourth-order valence-corrected chi connectivity index (χ4v) is 5.35. The van der Waals surface area contributed by atoms with Crippen molar-refractivity contribution in [3.8, 4) is 11.1 Å². The molecule has 0 saturated carbocycles. The maximum atomic E-state index is 15.1. The number of nitrogens with one attached hydrogen (secondary N) is 3. The van der Waals surface area contributed by atoms with Crippen LogP contribution in [0.15, 0.2) is 71.6 Å². The van der Waals surface area contributed by atoms with Gasteiger partial charge < -0.3 is 20.9 Å². The van der Waals surface area contributed by atoms with Gasteiger partial charge in [0.15, 0.2) is 9.84 Å². The van der Waals surface area contributed by atoms with Gasteiger partial charge in [0.1, 0.15) is 11.4 Å². The lowest BCUT2D eigenvalue weighted by Gasteiger charge is -2.29. The number of carbonyl (C=O) groups excluding carboxylic acids is 2. The van der Waals surface area contributed by atoms with Gasteiger partial charge >= 0.3 is 6.03 Å². The summed E-state index contributed by atoms with van der Waals surface area (Å²) in [5, 5.41) is 8.55. The maximum absolute atomic E-state index is 15.1. The van der Waals surface area contributed by atoms with E-state index in [1.54, 1.807) is 42.5 Å². The third kappa shape index (κ3) is 6.10. The van der Waals surface area contributed by atoms with Gasteiger partial charge in [-0.25, -0.2) is 17.6 Å². The molecule has 1 aliphatic rings. The summed E-state index contributed by atoms with van der Waals surface area (Å²) < 4.78 is 39.4. The Morgan fingerprint density at radius 2 is 1.73 bits per heavy atom. The molecule has 194 valence electrons. The monoisotopic (exact) mass is 544 g/mol. The Balaban J connectivity index is 1.54. The highest BCUT2D eigenvalue weighted by Gasteiger charge is 2.45. The van der Waals surface area contributed by atoms with Gasteiger partial charge in [-0.1, -0.05) is 35.9 Å². The van der Waals surface area contributed by atoms with Crippen molar-refractivity contribution in [3.63, 3.8) is 0 Å². The maximum Gasteiger partial charge on any atom is 0.320 e. The number of hydrogen-bond donors (Lipinski definition) is 3. The molecule has 0 aromatic heterocycles. The molecule has 1 fully saturated rings. The first kappa shape index (κ1) is 26.6. The second-order valence-corrected chi connectivity index (χ2v) is 11.5. The number of sulfone groups is 1. The number of likely N-dealkylation sites (tertiary alicyclic amines) is 1. The first-order valence-corrected chi connectivity index (χ1v) is 13.7. The lowest BCUT2D eigenvalue weighted by Crippen LogP contribution is -2.59. The molecule has 0 aliphatic carbocycles. The third-order valence-corrected chi connectivity index (χ3v) is 7.57. The number of hydrogen-bond acceptors (Lipinski definition) is 5. The molecule has 3 amide bonds. The molecule has 1 saturated heterocycles. The zero-order valence-electron chi connectivity index (χ0n) is 20.2. The van der Waals surface area contributed by atoms with Crippen molar-refractivity contribution < 1.29 is 22.4 Å². The molecule has 0 radical (unpaired) electrons. The average molecular weight is 545 g/mol. The van der Waals surface area contributed by atoms with Crippen molar-refractivity contribution in [2.24, 2.45) is 0 Å². The van der Waals surface area contributed by atoms with Crippen LogP contribution in [0.1, 0.15) is 6.42 Å². The molecule has 0 spiro atoms. The second kappa shape index (κ2) is 10.5. The van der Waals surface area contributed by atoms with Crippen molar-refractivity contribution in [1.82, 2.24) is 10.2 Å². The van der Waals surface area contributed by atoms with Crippen molar-refractivity contribution in [3.05, 3.63) is 77.6 Å². The largest absolute Gasteiger partial charge is 0.322 e. The van der Waals surface area contributed by atoms with Crippen LogP contribution in [0.2, 0.25) is 5.02 Å². The van der Waals surface area contributed by atoms with Gasteiger partial charge in [-0.3, -0.25) is 4.79 Å². The summed E-state index contributed by atoms with van der Waals surface area (Å²) in [7, 11) is -1.71. The van der Waals surface area contributed by atoms with Crippen molar-refractivity contribution in [1.29, 1.82) is 0 Å². The van der Waals surface area contributed by atoms with Crippen LogP contribution in [0.25, 0.3) is 11.1 Å². The minimum atomic E-state index is -3.53. The summed E-state index contributed by atoms with van der Waals surface area (Å²) in [6, 6.07) is 16.3. The van der Waals surface area contributed by atoms with Gasteiger partial charge in [-0.05, 0) is 61.5 Å². The summed E-state index contributed by atoms with van der Waals surface area (Å²) in [5.74, 6) is -1.30. The minimum absolute atomic E-state index is 0.0787. The number of anilines is 2. The zero-order valence-corrected chi connectivity index (χ0v) is 21.8. The molecule has 3 aromatic carbocycles. The molecule has 1 atom stereocenters. The van der Waals surface area contributed by atoms with E-state index in [9.17, 15) is 18.0 Å². The van der Waals surface area contributed by atoms with Crippen LogP contribution in [-0.4, -0.2) is 57.2 Å². The summed E-state index contributed by atoms with van der Waals surface area (Å²) in [6.07, 6.45) is 1.41. The van der Waals surface area contributed by atoms with Crippen LogP contribution in [0.5, 0.6) is 0 Å². The predicted octanol–water partition coefficient (Wildman–Crippen LogP) is 4.38. The smallest absolute Gasteiger partial charge is 0.320 e. The number of nitrogens with zero attached hydrogens (tertiary/aromatic N) is 1. The molecule has 37 heavy (non-hydrogen) atoms. The van der Waals surface area contributed by atoms with E-state index in [0.717, 1.165) is 6.26 Å². The van der Waals surface area contributed by atoms with Crippen LogP contribution < -0.4 is 16.0 Å². The Morgan fingerprint density at radius 1 is 1.03 bits per heavy atom. The molecule has 1 aliphatic heterocycles. The first-order chi connectivity index (χ1) is 17.5. The normalized spacial score (nSPS) is 17.8. The molecule has 4 rings (SSSR count). The zero-order chi connectivity index (χ0) is 26.8. The highest BCUT2D eigenvalue weighted by Crippen LogP contribution is 2.31. The number of amides is 3. The fraction of sp³-hybridized carbons (Fsp3) is 0.231. The van der Waals surface area contributed by atoms with Crippen LogP contribution >= 0.6 is 11.6 Å². The summed E-state index contributed by atoms with van der Waals surface area (Å²) in [5.41, 5.74) is -0.165. The Labute approximate surface area is 219 Å². The Morgan fingerprint density at radius 3 is 2.35 bits per heavy atom. The number of urea groups is 1. The van der Waals surface area contributed by atoms with Crippen LogP contribution in [0.3, 0.4) is 0 Å². The van der Waals surface area contributed by atoms with E-state index in [4.69, 9.17) is 11.6 Å². The van der Waals surface area contributed by atoms with E-state index >= 15 is 4.39 Å². The van der Waals surface area contributed by atoms with E-state index in [-0.39, 0.29) is 17.1 Å². The van der Waals surface area contributed by atoms with E-state index in [2.05, 4.69) is 16.0 Å². The molecule has 1 unspecified atom stereocenters. The summed E-state index contributed by atoms with van der Waals surface area (Å²) in [4.78, 5) is 28.1. The van der Waals surface area contributed by atoms with E-state index in [0.29, 0.717) is 34.8 Å². The molecule has 8 nitrogen and oxygen atoms in total. The quantitative estimate of drug-likeness (QED) is 0.427. The van der Waals surface area contributed by atoms with Gasteiger partial charge in [0.25, 0.3) is 5.91 Å². The molecule has 3 N–H and O–H groups in total. The number of benzene rings is 3.